The minimum Gasteiger partial charge on any atom is -0.473 e. The summed E-state index contributed by atoms with van der Waals surface area (Å²) >= 11 is 0. The van der Waals surface area contributed by atoms with E-state index >= 15 is 0 Å². The van der Waals surface area contributed by atoms with E-state index in [1.165, 1.54) is 0 Å². The molecular formula is C14H22N4O2. The van der Waals surface area contributed by atoms with Crippen molar-refractivity contribution in [2.45, 2.75) is 26.4 Å². The topological polar surface area (TPSA) is 84.4 Å². The van der Waals surface area contributed by atoms with Crippen LogP contribution < -0.4 is 15.4 Å². The first-order valence-corrected chi connectivity index (χ1v) is 6.62. The normalized spacial score (nSPS) is 10.3. The number of anilines is 2. The van der Waals surface area contributed by atoms with E-state index in [0.717, 1.165) is 5.82 Å². The van der Waals surface area contributed by atoms with Gasteiger partial charge in [-0.1, -0.05) is 0 Å². The fourth-order valence-corrected chi connectivity index (χ4v) is 1.66. The Labute approximate surface area is 120 Å². The van der Waals surface area contributed by atoms with Crippen LogP contribution in [0.5, 0.6) is 5.88 Å². The van der Waals surface area contributed by atoms with Crippen LogP contribution in [0.1, 0.15) is 20.3 Å². The van der Waals surface area contributed by atoms with Crippen molar-refractivity contribution in [1.82, 2.24) is 4.98 Å². The van der Waals surface area contributed by atoms with E-state index in [9.17, 15) is 0 Å². The molecule has 0 amide bonds. The molecule has 0 aliphatic carbocycles. The minimum absolute atomic E-state index is 0.00610. The second-order valence-electron chi connectivity index (χ2n) is 4.62. The van der Waals surface area contributed by atoms with Gasteiger partial charge in [-0.15, -0.1) is 0 Å². The molecule has 1 rings (SSSR count). The molecule has 2 N–H and O–H groups in total. The van der Waals surface area contributed by atoms with Crippen LogP contribution in [-0.4, -0.2) is 37.9 Å². The maximum atomic E-state index is 8.73. The molecular weight excluding hydrogens is 256 g/mol. The molecule has 110 valence electrons. The van der Waals surface area contributed by atoms with Gasteiger partial charge in [0.1, 0.15) is 5.82 Å². The first kappa shape index (κ1) is 16.1. The Bertz CT molecular complexity index is 457. The van der Waals surface area contributed by atoms with Crippen LogP contribution in [0.15, 0.2) is 12.1 Å². The molecule has 0 unspecified atom stereocenters. The molecule has 0 radical (unpaired) electrons. The number of hydrogen-bond donors (Lipinski definition) is 1. The van der Waals surface area contributed by atoms with E-state index in [1.807, 2.05) is 24.8 Å². The summed E-state index contributed by atoms with van der Waals surface area (Å²) in [6.45, 7) is 5.67. The van der Waals surface area contributed by atoms with Crippen molar-refractivity contribution in [3.63, 3.8) is 0 Å². The number of rotatable bonds is 8. The van der Waals surface area contributed by atoms with Crippen LogP contribution >= 0.6 is 0 Å². The van der Waals surface area contributed by atoms with Crippen molar-refractivity contribution in [2.24, 2.45) is 0 Å². The van der Waals surface area contributed by atoms with Crippen molar-refractivity contribution >= 4 is 11.5 Å². The number of pyridine rings is 1. The molecule has 20 heavy (non-hydrogen) atoms. The van der Waals surface area contributed by atoms with Gasteiger partial charge in [0.25, 0.3) is 0 Å². The summed E-state index contributed by atoms with van der Waals surface area (Å²) < 4.78 is 10.7. The summed E-state index contributed by atoms with van der Waals surface area (Å²) in [6, 6.07) is 5.74. The van der Waals surface area contributed by atoms with Crippen LogP contribution in [-0.2, 0) is 4.74 Å². The van der Waals surface area contributed by atoms with Crippen molar-refractivity contribution < 1.29 is 9.47 Å². The van der Waals surface area contributed by atoms with E-state index in [-0.39, 0.29) is 6.10 Å². The maximum Gasteiger partial charge on any atom is 0.239 e. The van der Waals surface area contributed by atoms with Gasteiger partial charge in [0.2, 0.25) is 5.88 Å². The number of methoxy groups -OCH3 is 1. The standard InChI is InChI=1S/C14H22N4O2/c1-11(2)20-14-12(16)5-6-13(17-14)18(8-4-7-15)9-10-19-3/h5-6,11H,4,8-10,16H2,1-3H3. The lowest BCUT2D eigenvalue weighted by molar-refractivity contribution is 0.205. The molecule has 0 atom stereocenters. The highest BCUT2D eigenvalue weighted by Crippen LogP contribution is 2.24. The predicted octanol–water partition coefficient (Wildman–Crippen LogP) is 1.82. The second kappa shape index (κ2) is 8.23. The van der Waals surface area contributed by atoms with Gasteiger partial charge in [-0.25, -0.2) is 0 Å². The Morgan fingerprint density at radius 1 is 1.40 bits per heavy atom. The molecule has 0 spiro atoms. The molecule has 0 saturated heterocycles. The molecule has 6 nitrogen and oxygen atoms in total. The van der Waals surface area contributed by atoms with Crippen molar-refractivity contribution in [2.75, 3.05) is 37.4 Å². The molecule has 0 bridgehead atoms. The highest BCUT2D eigenvalue weighted by atomic mass is 16.5. The highest BCUT2D eigenvalue weighted by Gasteiger charge is 2.12. The smallest absolute Gasteiger partial charge is 0.239 e. The Morgan fingerprint density at radius 2 is 2.15 bits per heavy atom. The van der Waals surface area contributed by atoms with E-state index in [1.54, 1.807) is 13.2 Å². The number of nitrogens with zero attached hydrogens (tertiary/aromatic N) is 3. The molecule has 0 saturated carbocycles. The van der Waals surface area contributed by atoms with Gasteiger partial charge < -0.3 is 20.1 Å². The van der Waals surface area contributed by atoms with E-state index in [4.69, 9.17) is 20.5 Å². The molecule has 1 aromatic rings. The third kappa shape index (κ3) is 4.94. The zero-order valence-electron chi connectivity index (χ0n) is 12.3. The monoisotopic (exact) mass is 278 g/mol. The number of nitriles is 1. The average molecular weight is 278 g/mol. The van der Waals surface area contributed by atoms with Crippen molar-refractivity contribution in [1.29, 1.82) is 5.26 Å². The number of nitrogen functional groups attached to an aromatic ring is 1. The van der Waals surface area contributed by atoms with Gasteiger partial charge in [-0.3, -0.25) is 0 Å². The SMILES string of the molecule is COCCN(CCC#N)c1ccc(N)c(OC(C)C)n1. The van der Waals surface area contributed by atoms with Crippen molar-refractivity contribution in [3.05, 3.63) is 12.1 Å². The fourth-order valence-electron chi connectivity index (χ4n) is 1.66. The largest absolute Gasteiger partial charge is 0.473 e. The second-order valence-corrected chi connectivity index (χ2v) is 4.62. The van der Waals surface area contributed by atoms with Gasteiger partial charge >= 0.3 is 0 Å². The first-order chi connectivity index (χ1) is 9.58. The Morgan fingerprint density at radius 3 is 2.75 bits per heavy atom. The first-order valence-electron chi connectivity index (χ1n) is 6.62. The summed E-state index contributed by atoms with van der Waals surface area (Å²) in [5.41, 5.74) is 6.36. The van der Waals surface area contributed by atoms with Crippen molar-refractivity contribution in [3.8, 4) is 11.9 Å². The van der Waals surface area contributed by atoms with Crippen LogP contribution in [0, 0.1) is 11.3 Å². The lowest BCUT2D eigenvalue weighted by Gasteiger charge is -2.23. The lowest BCUT2D eigenvalue weighted by Crippen LogP contribution is -2.29. The molecule has 0 aliphatic rings. The summed E-state index contributed by atoms with van der Waals surface area (Å²) in [5, 5.41) is 8.73. The van der Waals surface area contributed by atoms with Gasteiger partial charge in [-0.05, 0) is 26.0 Å². The Kier molecular flexibility index (Phi) is 6.60. The zero-order chi connectivity index (χ0) is 15.0. The maximum absolute atomic E-state index is 8.73. The lowest BCUT2D eigenvalue weighted by atomic mass is 10.3. The number of ether oxygens (including phenoxy) is 2. The molecule has 1 aromatic heterocycles. The molecule has 0 aliphatic heterocycles. The number of nitrogens with two attached hydrogens (primary N) is 1. The number of aromatic nitrogens is 1. The quantitative estimate of drug-likeness (QED) is 0.780. The fraction of sp³-hybridized carbons (Fsp3) is 0.571. The summed E-state index contributed by atoms with van der Waals surface area (Å²) in [6.07, 6.45) is 0.433. The third-order valence-electron chi connectivity index (χ3n) is 2.61. The van der Waals surface area contributed by atoms with Crippen LogP contribution in [0.3, 0.4) is 0 Å². The van der Waals surface area contributed by atoms with Crippen LogP contribution in [0.25, 0.3) is 0 Å². The Hall–Kier alpha value is -2.00. The van der Waals surface area contributed by atoms with Crippen LogP contribution in [0.2, 0.25) is 0 Å². The summed E-state index contributed by atoms with van der Waals surface area (Å²) in [7, 11) is 1.65. The van der Waals surface area contributed by atoms with Gasteiger partial charge in [0.15, 0.2) is 0 Å². The predicted molar refractivity (Wildman–Crippen MR) is 78.7 cm³/mol. The number of hydrogen-bond acceptors (Lipinski definition) is 6. The van der Waals surface area contributed by atoms with E-state index in [2.05, 4.69) is 11.1 Å². The average Bonchev–Trinajstić information content (AvgIpc) is 2.41. The van der Waals surface area contributed by atoms with Gasteiger partial charge in [0, 0.05) is 20.2 Å². The van der Waals surface area contributed by atoms with E-state index < -0.39 is 0 Å². The van der Waals surface area contributed by atoms with Crippen LogP contribution in [0.4, 0.5) is 11.5 Å². The minimum atomic E-state index is 0.00610. The Balaban J connectivity index is 2.91. The third-order valence-corrected chi connectivity index (χ3v) is 2.61. The molecule has 0 aromatic carbocycles. The summed E-state index contributed by atoms with van der Waals surface area (Å²) in [5.74, 6) is 1.17. The summed E-state index contributed by atoms with van der Waals surface area (Å²) in [4.78, 5) is 6.42. The highest BCUT2D eigenvalue weighted by molar-refractivity contribution is 5.54. The molecule has 1 heterocycles. The zero-order valence-corrected chi connectivity index (χ0v) is 12.3. The molecule has 6 heteroatoms. The van der Waals surface area contributed by atoms with E-state index in [0.29, 0.717) is 37.7 Å². The molecule has 0 fully saturated rings. The van der Waals surface area contributed by atoms with Gasteiger partial charge in [0.05, 0.1) is 30.9 Å². The van der Waals surface area contributed by atoms with Gasteiger partial charge in [-0.2, -0.15) is 10.2 Å².